The smallest absolute Gasteiger partial charge is 0.252 e. The Labute approximate surface area is 227 Å². The first-order chi connectivity index (χ1) is 18.8. The Hall–Kier alpha value is -3.82. The molecule has 2 heterocycles. The highest BCUT2D eigenvalue weighted by molar-refractivity contribution is 7.89. The molecule has 0 radical (unpaired) electrons. The molecule has 200 valence electrons. The van der Waals surface area contributed by atoms with Gasteiger partial charge in [-0.25, -0.2) is 18.3 Å². The van der Waals surface area contributed by atoms with Crippen LogP contribution in [0.4, 0.5) is 5.69 Å². The number of para-hydroxylation sites is 2. The Kier molecular flexibility index (Phi) is 6.56. The minimum Gasteiger partial charge on any atom is -0.436 e. The first-order valence-corrected chi connectivity index (χ1v) is 14.7. The summed E-state index contributed by atoms with van der Waals surface area (Å²) < 4.78 is 35.0. The van der Waals surface area contributed by atoms with Crippen LogP contribution < -0.4 is 4.90 Å². The average Bonchev–Trinajstić information content (AvgIpc) is 3.50. The molecule has 3 aromatic carbocycles. The molecule has 1 saturated carbocycles. The number of oxazole rings is 1. The predicted octanol–water partition coefficient (Wildman–Crippen LogP) is 5.46. The Bertz CT molecular complexity index is 1610. The summed E-state index contributed by atoms with van der Waals surface area (Å²) in [6, 6.07) is 19.5. The summed E-state index contributed by atoms with van der Waals surface area (Å²) in [5.74, 6) is -0.497. The van der Waals surface area contributed by atoms with Crippen LogP contribution in [-0.2, 0) is 19.6 Å². The van der Waals surface area contributed by atoms with Crippen molar-refractivity contribution >= 4 is 38.6 Å². The van der Waals surface area contributed by atoms with Crippen molar-refractivity contribution in [3.05, 3.63) is 78.4 Å². The molecule has 1 saturated heterocycles. The van der Waals surface area contributed by atoms with Gasteiger partial charge >= 0.3 is 0 Å². The topological polar surface area (TPSA) is 101 Å². The summed E-state index contributed by atoms with van der Waals surface area (Å²) >= 11 is 0. The number of imide groups is 1. The maximum absolute atomic E-state index is 13.9. The molecule has 0 spiro atoms. The van der Waals surface area contributed by atoms with Crippen molar-refractivity contribution in [2.45, 2.75) is 62.4 Å². The van der Waals surface area contributed by atoms with E-state index in [-0.39, 0.29) is 17.4 Å². The highest BCUT2D eigenvalue weighted by Gasteiger charge is 2.49. The summed E-state index contributed by atoms with van der Waals surface area (Å²) in [4.78, 5) is 32.7. The van der Waals surface area contributed by atoms with Gasteiger partial charge in [-0.2, -0.15) is 4.31 Å². The van der Waals surface area contributed by atoms with E-state index in [1.54, 1.807) is 48.5 Å². The van der Waals surface area contributed by atoms with E-state index in [4.69, 9.17) is 4.42 Å². The lowest BCUT2D eigenvalue weighted by molar-refractivity contribution is -0.122. The van der Waals surface area contributed by atoms with Crippen LogP contribution in [-0.4, -0.2) is 41.6 Å². The Morgan fingerprint density at radius 3 is 2.28 bits per heavy atom. The van der Waals surface area contributed by atoms with Gasteiger partial charge in [-0.3, -0.25) is 9.59 Å². The van der Waals surface area contributed by atoms with Gasteiger partial charge in [-0.1, -0.05) is 49.1 Å². The molecule has 4 aromatic rings. The molecular weight excluding hydrogens is 514 g/mol. The van der Waals surface area contributed by atoms with Crippen LogP contribution in [0.1, 0.15) is 44.1 Å². The van der Waals surface area contributed by atoms with Crippen LogP contribution in [0.5, 0.6) is 0 Å². The summed E-state index contributed by atoms with van der Waals surface area (Å²) in [7, 11) is -4.01. The normalized spacial score (nSPS) is 18.9. The van der Waals surface area contributed by atoms with Crippen LogP contribution in [0.25, 0.3) is 22.6 Å². The fourth-order valence-electron chi connectivity index (χ4n) is 5.62. The second kappa shape index (κ2) is 10.1. The molecular formula is C30H29N3O5S. The molecule has 8 nitrogen and oxygen atoms in total. The van der Waals surface area contributed by atoms with E-state index in [0.29, 0.717) is 35.6 Å². The van der Waals surface area contributed by atoms with Crippen LogP contribution in [0.2, 0.25) is 0 Å². The number of sulfonamides is 1. The van der Waals surface area contributed by atoms with Crippen molar-refractivity contribution in [1.29, 1.82) is 0 Å². The Morgan fingerprint density at radius 1 is 0.897 bits per heavy atom. The van der Waals surface area contributed by atoms with E-state index in [2.05, 4.69) is 4.98 Å². The molecule has 1 aliphatic carbocycles. The van der Waals surface area contributed by atoms with Gasteiger partial charge in [0.05, 0.1) is 17.0 Å². The lowest BCUT2D eigenvalue weighted by Crippen LogP contribution is -2.51. The van der Waals surface area contributed by atoms with Gasteiger partial charge in [-0.05, 0) is 68.3 Å². The highest BCUT2D eigenvalue weighted by Crippen LogP contribution is 2.36. The number of anilines is 1. The predicted molar refractivity (Wildman–Crippen MR) is 147 cm³/mol. The van der Waals surface area contributed by atoms with E-state index in [9.17, 15) is 18.0 Å². The summed E-state index contributed by atoms with van der Waals surface area (Å²) in [6.45, 7) is 1.89. The number of carbonyl (C=O) groups is 2. The van der Waals surface area contributed by atoms with E-state index < -0.39 is 27.9 Å². The van der Waals surface area contributed by atoms with Gasteiger partial charge in [0.2, 0.25) is 21.8 Å². The number of hydrogen-bond donors (Lipinski definition) is 0. The first-order valence-electron chi connectivity index (χ1n) is 13.3. The fourth-order valence-corrected chi connectivity index (χ4v) is 7.45. The summed E-state index contributed by atoms with van der Waals surface area (Å²) in [5.41, 5.74) is 3.45. The molecule has 1 aromatic heterocycles. The third-order valence-corrected chi connectivity index (χ3v) is 9.60. The average molecular weight is 544 g/mol. The Morgan fingerprint density at radius 2 is 1.59 bits per heavy atom. The van der Waals surface area contributed by atoms with Gasteiger partial charge in [0.1, 0.15) is 11.6 Å². The third-order valence-electron chi connectivity index (χ3n) is 7.63. The van der Waals surface area contributed by atoms with Crippen molar-refractivity contribution in [2.75, 3.05) is 4.90 Å². The monoisotopic (exact) mass is 543 g/mol. The zero-order chi connectivity index (χ0) is 27.1. The van der Waals surface area contributed by atoms with Crippen molar-refractivity contribution in [3.8, 4) is 11.5 Å². The van der Waals surface area contributed by atoms with Crippen molar-refractivity contribution < 1.29 is 22.4 Å². The molecule has 39 heavy (non-hydrogen) atoms. The van der Waals surface area contributed by atoms with Crippen molar-refractivity contribution in [3.63, 3.8) is 0 Å². The van der Waals surface area contributed by atoms with E-state index in [1.807, 2.05) is 31.2 Å². The number of amides is 2. The number of aromatic nitrogens is 1. The number of benzene rings is 3. The molecule has 1 aliphatic heterocycles. The standard InChI is InChI=1S/C30H29N3O5S/c1-20-11-17-24(18-12-20)39(36,37)33(23-7-3-2-4-8-23)26-19-28(34)32(30(26)35)22-15-13-21(14-16-22)29-31-25-9-5-6-10-27(25)38-29/h5-6,9-18,23,26H,2-4,7-8,19H2,1H3. The number of aryl methyl sites for hydroxylation is 1. The van der Waals surface area contributed by atoms with Crippen LogP contribution in [0, 0.1) is 6.92 Å². The zero-order valence-electron chi connectivity index (χ0n) is 21.6. The Balaban J connectivity index is 1.31. The maximum Gasteiger partial charge on any atom is 0.252 e. The second-order valence-corrected chi connectivity index (χ2v) is 12.1. The number of carbonyl (C=O) groups excluding carboxylic acids is 2. The van der Waals surface area contributed by atoms with Crippen LogP contribution in [0.15, 0.2) is 82.1 Å². The molecule has 0 bridgehead atoms. The summed E-state index contributed by atoms with van der Waals surface area (Å²) in [5, 5.41) is 0. The van der Waals surface area contributed by atoms with E-state index in [0.717, 1.165) is 35.2 Å². The molecule has 2 amide bonds. The number of fused-ring (bicyclic) bond motifs is 1. The fraction of sp³-hybridized carbons (Fsp3) is 0.300. The molecule has 6 rings (SSSR count). The quantitative estimate of drug-likeness (QED) is 0.300. The molecule has 2 aliphatic rings. The molecule has 1 unspecified atom stereocenters. The van der Waals surface area contributed by atoms with Crippen LogP contribution in [0.3, 0.4) is 0 Å². The SMILES string of the molecule is Cc1ccc(S(=O)(=O)N(C2CCCCC2)C2CC(=O)N(c3ccc(-c4nc5ccccc5o4)cc3)C2=O)cc1. The van der Waals surface area contributed by atoms with Crippen molar-refractivity contribution in [1.82, 2.24) is 9.29 Å². The maximum atomic E-state index is 13.9. The number of rotatable bonds is 6. The lowest BCUT2D eigenvalue weighted by Gasteiger charge is -2.36. The van der Waals surface area contributed by atoms with Gasteiger partial charge in [0.25, 0.3) is 5.91 Å². The second-order valence-electron chi connectivity index (χ2n) is 10.3. The van der Waals surface area contributed by atoms with E-state index in [1.165, 1.54) is 4.31 Å². The molecule has 2 fully saturated rings. The lowest BCUT2D eigenvalue weighted by atomic mass is 9.94. The number of nitrogens with zero attached hydrogens (tertiary/aromatic N) is 3. The van der Waals surface area contributed by atoms with Crippen molar-refractivity contribution in [2.24, 2.45) is 0 Å². The van der Waals surface area contributed by atoms with Gasteiger partial charge in [0, 0.05) is 11.6 Å². The highest BCUT2D eigenvalue weighted by atomic mass is 32.2. The van der Waals surface area contributed by atoms with Crippen LogP contribution >= 0.6 is 0 Å². The van der Waals surface area contributed by atoms with Gasteiger partial charge in [0.15, 0.2) is 5.58 Å². The number of hydrogen-bond acceptors (Lipinski definition) is 6. The minimum atomic E-state index is -4.01. The third kappa shape index (κ3) is 4.66. The largest absolute Gasteiger partial charge is 0.436 e. The van der Waals surface area contributed by atoms with E-state index >= 15 is 0 Å². The first kappa shape index (κ1) is 25.5. The van der Waals surface area contributed by atoms with Gasteiger partial charge in [-0.15, -0.1) is 0 Å². The molecule has 9 heteroatoms. The minimum absolute atomic E-state index is 0.139. The summed E-state index contributed by atoms with van der Waals surface area (Å²) in [6.07, 6.45) is 3.96. The van der Waals surface area contributed by atoms with Gasteiger partial charge < -0.3 is 4.42 Å². The zero-order valence-corrected chi connectivity index (χ0v) is 22.4. The molecule has 0 N–H and O–H groups in total. The molecule has 1 atom stereocenters.